The molecular weight excluding hydrogens is 354 g/mol. The lowest BCUT2D eigenvalue weighted by Gasteiger charge is -2.21. The molecule has 0 bridgehead atoms. The van der Waals surface area contributed by atoms with Gasteiger partial charge in [-0.25, -0.2) is 4.79 Å². The van der Waals surface area contributed by atoms with E-state index in [9.17, 15) is 9.90 Å². The normalized spacial score (nSPS) is 12.2. The first-order chi connectivity index (χ1) is 13.4. The summed E-state index contributed by atoms with van der Waals surface area (Å²) in [6, 6.07) is 15.3. The molecular formula is C23H31NO4. The molecule has 5 nitrogen and oxygen atoms in total. The monoisotopic (exact) mass is 385 g/mol. The molecule has 1 atom stereocenters. The van der Waals surface area contributed by atoms with Gasteiger partial charge in [0, 0.05) is 13.1 Å². The molecule has 2 aromatic rings. The molecule has 1 N–H and O–H groups in total. The minimum atomic E-state index is -0.607. The maximum atomic E-state index is 11.6. The van der Waals surface area contributed by atoms with E-state index in [1.54, 1.807) is 31.2 Å². The summed E-state index contributed by atoms with van der Waals surface area (Å²) in [5, 5.41) is 10.2. The Bertz CT molecular complexity index is 725. The number of esters is 1. The number of aliphatic hydroxyl groups is 1. The third kappa shape index (κ3) is 6.98. The number of hydrogen-bond acceptors (Lipinski definition) is 5. The lowest BCUT2D eigenvalue weighted by atomic mass is 10.0. The number of nitrogens with zero attached hydrogens (tertiary/aromatic N) is 1. The standard InChI is InChI=1S/C23H31NO4/c1-5-27-23(26)20-10-12-22(13-11-20)28-16-21(25)15-24(4)14-18-6-8-19(9-7-18)17(2)3/h6-13,17,21,25H,5,14-16H2,1-4H3. The van der Waals surface area contributed by atoms with Crippen LogP contribution in [0.1, 0.15) is 48.2 Å². The van der Waals surface area contributed by atoms with Gasteiger partial charge in [-0.15, -0.1) is 0 Å². The van der Waals surface area contributed by atoms with Gasteiger partial charge in [0.15, 0.2) is 0 Å². The van der Waals surface area contributed by atoms with Gasteiger partial charge >= 0.3 is 5.97 Å². The molecule has 0 aliphatic carbocycles. The number of benzene rings is 2. The van der Waals surface area contributed by atoms with E-state index in [-0.39, 0.29) is 12.6 Å². The van der Waals surface area contributed by atoms with Crippen LogP contribution in [0, 0.1) is 0 Å². The second kappa shape index (κ2) is 10.8. The zero-order valence-electron chi connectivity index (χ0n) is 17.2. The Morgan fingerprint density at radius 2 is 1.71 bits per heavy atom. The lowest BCUT2D eigenvalue weighted by molar-refractivity contribution is 0.0525. The number of aliphatic hydroxyl groups excluding tert-OH is 1. The van der Waals surface area contributed by atoms with E-state index in [1.165, 1.54) is 11.1 Å². The topological polar surface area (TPSA) is 59.0 Å². The van der Waals surface area contributed by atoms with Crippen molar-refractivity contribution < 1.29 is 19.4 Å². The van der Waals surface area contributed by atoms with E-state index in [4.69, 9.17) is 9.47 Å². The van der Waals surface area contributed by atoms with Crippen LogP contribution in [-0.4, -0.2) is 48.9 Å². The first-order valence-electron chi connectivity index (χ1n) is 9.74. The van der Waals surface area contributed by atoms with Gasteiger partial charge < -0.3 is 14.6 Å². The third-order valence-electron chi connectivity index (χ3n) is 4.43. The van der Waals surface area contributed by atoms with E-state index in [0.717, 1.165) is 6.54 Å². The van der Waals surface area contributed by atoms with Crippen molar-refractivity contribution in [3.05, 3.63) is 65.2 Å². The highest BCUT2D eigenvalue weighted by molar-refractivity contribution is 5.89. The Kier molecular flexibility index (Phi) is 8.48. The molecule has 0 saturated carbocycles. The molecule has 0 heterocycles. The number of ether oxygens (including phenoxy) is 2. The van der Waals surface area contributed by atoms with Crippen molar-refractivity contribution in [2.75, 3.05) is 26.8 Å². The lowest BCUT2D eigenvalue weighted by Crippen LogP contribution is -2.32. The molecule has 0 aromatic heterocycles. The van der Waals surface area contributed by atoms with Crippen molar-refractivity contribution in [1.82, 2.24) is 4.90 Å². The van der Waals surface area contributed by atoms with E-state index < -0.39 is 6.10 Å². The summed E-state index contributed by atoms with van der Waals surface area (Å²) in [6.07, 6.45) is -0.607. The fourth-order valence-corrected chi connectivity index (χ4v) is 2.89. The average Bonchev–Trinajstić information content (AvgIpc) is 2.67. The Hall–Kier alpha value is -2.37. The first-order valence-corrected chi connectivity index (χ1v) is 9.74. The van der Waals surface area contributed by atoms with Crippen LogP contribution in [0.5, 0.6) is 5.75 Å². The van der Waals surface area contributed by atoms with Crippen LogP contribution < -0.4 is 4.74 Å². The summed E-state index contributed by atoms with van der Waals surface area (Å²) >= 11 is 0. The molecule has 0 fully saturated rings. The number of likely N-dealkylation sites (N-methyl/N-ethyl adjacent to an activating group) is 1. The molecule has 2 rings (SSSR count). The summed E-state index contributed by atoms with van der Waals surface area (Å²) in [5.41, 5.74) is 3.03. The Labute approximate surface area is 167 Å². The van der Waals surface area contributed by atoms with E-state index in [2.05, 4.69) is 43.0 Å². The molecule has 0 radical (unpaired) electrons. The van der Waals surface area contributed by atoms with Gasteiger partial charge in [0.25, 0.3) is 0 Å². The van der Waals surface area contributed by atoms with Gasteiger partial charge in [-0.1, -0.05) is 38.1 Å². The van der Waals surface area contributed by atoms with E-state index in [0.29, 0.717) is 30.4 Å². The second-order valence-corrected chi connectivity index (χ2v) is 7.30. The highest BCUT2D eigenvalue weighted by Gasteiger charge is 2.11. The smallest absolute Gasteiger partial charge is 0.338 e. The predicted octanol–water partition coefficient (Wildman–Crippen LogP) is 3.86. The van der Waals surface area contributed by atoms with Crippen molar-refractivity contribution in [2.24, 2.45) is 0 Å². The molecule has 0 spiro atoms. The van der Waals surface area contributed by atoms with Crippen LogP contribution >= 0.6 is 0 Å². The van der Waals surface area contributed by atoms with Crippen LogP contribution in [0.4, 0.5) is 0 Å². The van der Waals surface area contributed by atoms with Crippen LogP contribution in [-0.2, 0) is 11.3 Å². The zero-order chi connectivity index (χ0) is 20.5. The highest BCUT2D eigenvalue weighted by atomic mass is 16.5. The number of rotatable bonds is 10. The van der Waals surface area contributed by atoms with Crippen molar-refractivity contribution >= 4 is 5.97 Å². The third-order valence-corrected chi connectivity index (χ3v) is 4.43. The van der Waals surface area contributed by atoms with E-state index >= 15 is 0 Å². The SMILES string of the molecule is CCOC(=O)c1ccc(OCC(O)CN(C)Cc2ccc(C(C)C)cc2)cc1. The number of carbonyl (C=O) groups is 1. The minimum Gasteiger partial charge on any atom is -0.491 e. The maximum absolute atomic E-state index is 11.6. The molecule has 5 heteroatoms. The first kappa shape index (κ1) is 21.9. The quantitative estimate of drug-likeness (QED) is 0.630. The fraction of sp³-hybridized carbons (Fsp3) is 0.435. The predicted molar refractivity (Wildman–Crippen MR) is 111 cm³/mol. The van der Waals surface area contributed by atoms with Gasteiger partial charge in [0.1, 0.15) is 18.5 Å². The summed E-state index contributed by atoms with van der Waals surface area (Å²) < 4.78 is 10.6. The molecule has 0 saturated heterocycles. The molecule has 0 aliphatic heterocycles. The number of carbonyl (C=O) groups excluding carboxylic acids is 1. The van der Waals surface area contributed by atoms with Crippen molar-refractivity contribution in [1.29, 1.82) is 0 Å². The zero-order valence-corrected chi connectivity index (χ0v) is 17.2. The molecule has 0 amide bonds. The van der Waals surface area contributed by atoms with Crippen LogP contribution in [0.25, 0.3) is 0 Å². The summed E-state index contributed by atoms with van der Waals surface area (Å²) in [5.74, 6) is 0.785. The van der Waals surface area contributed by atoms with Gasteiger partial charge in [-0.3, -0.25) is 4.90 Å². The van der Waals surface area contributed by atoms with Gasteiger partial charge in [-0.05, 0) is 55.3 Å². The van der Waals surface area contributed by atoms with Gasteiger partial charge in [-0.2, -0.15) is 0 Å². The van der Waals surface area contributed by atoms with Crippen molar-refractivity contribution in [2.45, 2.75) is 39.3 Å². The van der Waals surface area contributed by atoms with Crippen LogP contribution in [0.3, 0.4) is 0 Å². The molecule has 28 heavy (non-hydrogen) atoms. The van der Waals surface area contributed by atoms with Crippen LogP contribution in [0.15, 0.2) is 48.5 Å². The van der Waals surface area contributed by atoms with Crippen molar-refractivity contribution in [3.63, 3.8) is 0 Å². The van der Waals surface area contributed by atoms with E-state index in [1.807, 2.05) is 7.05 Å². The second-order valence-electron chi connectivity index (χ2n) is 7.30. The minimum absolute atomic E-state index is 0.190. The van der Waals surface area contributed by atoms with Gasteiger partial charge in [0.05, 0.1) is 12.2 Å². The Morgan fingerprint density at radius 1 is 1.07 bits per heavy atom. The summed E-state index contributed by atoms with van der Waals surface area (Å²) in [7, 11) is 1.98. The van der Waals surface area contributed by atoms with Gasteiger partial charge in [0.2, 0.25) is 0 Å². The maximum Gasteiger partial charge on any atom is 0.338 e. The number of hydrogen-bond donors (Lipinski definition) is 1. The molecule has 152 valence electrons. The summed E-state index contributed by atoms with van der Waals surface area (Å²) in [4.78, 5) is 13.7. The molecule has 2 aromatic carbocycles. The van der Waals surface area contributed by atoms with Crippen molar-refractivity contribution in [3.8, 4) is 5.75 Å². The van der Waals surface area contributed by atoms with Crippen LogP contribution in [0.2, 0.25) is 0 Å². The fourth-order valence-electron chi connectivity index (χ4n) is 2.89. The summed E-state index contributed by atoms with van der Waals surface area (Å²) in [6.45, 7) is 7.95. The molecule has 1 unspecified atom stereocenters. The largest absolute Gasteiger partial charge is 0.491 e. The Balaban J connectivity index is 1.76. The molecule has 0 aliphatic rings. The average molecular weight is 386 g/mol. The Morgan fingerprint density at radius 3 is 2.29 bits per heavy atom. The highest BCUT2D eigenvalue weighted by Crippen LogP contribution is 2.16.